The van der Waals surface area contributed by atoms with E-state index in [4.69, 9.17) is 0 Å². The molecule has 13 heavy (non-hydrogen) atoms. The minimum absolute atomic E-state index is 0.893. The van der Waals surface area contributed by atoms with E-state index in [2.05, 4.69) is 15.3 Å². The molecule has 0 fully saturated rings. The van der Waals surface area contributed by atoms with Gasteiger partial charge in [0.05, 0.1) is 0 Å². The lowest BCUT2D eigenvalue weighted by molar-refractivity contribution is 1.30. The molecule has 0 unspecified atom stereocenters. The van der Waals surface area contributed by atoms with Crippen molar-refractivity contribution in [1.29, 1.82) is 0 Å². The van der Waals surface area contributed by atoms with Crippen molar-refractivity contribution in [2.45, 2.75) is 0 Å². The van der Waals surface area contributed by atoms with Crippen molar-refractivity contribution in [1.82, 2.24) is 9.97 Å². The second kappa shape index (κ2) is 3.31. The zero-order chi connectivity index (χ0) is 9.10. The van der Waals surface area contributed by atoms with E-state index in [0.717, 1.165) is 17.1 Å². The second-order valence-electron chi connectivity index (χ2n) is 2.73. The fourth-order valence-electron chi connectivity index (χ4n) is 1.32. The van der Waals surface area contributed by atoms with E-state index in [-0.39, 0.29) is 0 Å². The number of para-hydroxylation sites is 1. The van der Waals surface area contributed by atoms with E-state index in [1.165, 1.54) is 0 Å². The Balaban J connectivity index is 2.51. The zero-order valence-corrected chi connectivity index (χ0v) is 7.41. The van der Waals surface area contributed by atoms with Crippen LogP contribution in [-0.4, -0.2) is 17.0 Å². The molecule has 1 aromatic heterocycles. The molecule has 2 rings (SSSR count). The molecule has 2 aromatic rings. The summed E-state index contributed by atoms with van der Waals surface area (Å²) in [5, 5.41) is 3.12. The average molecular weight is 173 g/mol. The predicted octanol–water partition coefficient (Wildman–Crippen LogP) is 2.12. The van der Waals surface area contributed by atoms with E-state index >= 15 is 0 Å². The van der Waals surface area contributed by atoms with Crippen LogP contribution in [0, 0.1) is 0 Å². The van der Waals surface area contributed by atoms with Crippen LogP contribution in [0.5, 0.6) is 0 Å². The lowest BCUT2D eigenvalue weighted by atomic mass is 10.1. The topological polar surface area (TPSA) is 40.7 Å². The van der Waals surface area contributed by atoms with Crippen molar-refractivity contribution < 1.29 is 0 Å². The number of aromatic amines is 1. The van der Waals surface area contributed by atoms with Crippen LogP contribution in [0.1, 0.15) is 0 Å². The van der Waals surface area contributed by atoms with E-state index in [0.29, 0.717) is 0 Å². The Hall–Kier alpha value is -1.77. The van der Waals surface area contributed by atoms with Gasteiger partial charge in [0.1, 0.15) is 5.82 Å². The van der Waals surface area contributed by atoms with Crippen molar-refractivity contribution in [3.05, 3.63) is 36.7 Å². The highest BCUT2D eigenvalue weighted by molar-refractivity contribution is 5.72. The molecule has 0 amide bonds. The first-order valence-corrected chi connectivity index (χ1v) is 4.18. The zero-order valence-electron chi connectivity index (χ0n) is 7.41. The summed E-state index contributed by atoms with van der Waals surface area (Å²) in [5.74, 6) is 0.893. The van der Waals surface area contributed by atoms with Crippen LogP contribution in [0.2, 0.25) is 0 Å². The Bertz CT molecular complexity index is 379. The monoisotopic (exact) mass is 173 g/mol. The van der Waals surface area contributed by atoms with Crippen LogP contribution >= 0.6 is 0 Å². The summed E-state index contributed by atoms with van der Waals surface area (Å²) in [6, 6.07) is 8.06. The Kier molecular flexibility index (Phi) is 2.00. The van der Waals surface area contributed by atoms with Gasteiger partial charge in [0.15, 0.2) is 0 Å². The third kappa shape index (κ3) is 1.40. The number of aromatic nitrogens is 2. The number of hydrogen-bond acceptors (Lipinski definition) is 2. The Labute approximate surface area is 76.8 Å². The molecule has 0 spiro atoms. The summed E-state index contributed by atoms with van der Waals surface area (Å²) in [5.41, 5.74) is 2.17. The van der Waals surface area contributed by atoms with Gasteiger partial charge in [0.25, 0.3) is 0 Å². The molecule has 0 bridgehead atoms. The number of anilines is 1. The Morgan fingerprint density at radius 1 is 1.31 bits per heavy atom. The predicted molar refractivity (Wildman–Crippen MR) is 53.6 cm³/mol. The smallest absolute Gasteiger partial charge is 0.139 e. The van der Waals surface area contributed by atoms with Crippen LogP contribution in [0.4, 0.5) is 5.69 Å². The minimum Gasteiger partial charge on any atom is -0.388 e. The summed E-state index contributed by atoms with van der Waals surface area (Å²) < 4.78 is 0. The van der Waals surface area contributed by atoms with Gasteiger partial charge >= 0.3 is 0 Å². The third-order valence-electron chi connectivity index (χ3n) is 1.95. The fraction of sp³-hybridized carbons (Fsp3) is 0.100. The minimum atomic E-state index is 0.893. The first-order valence-electron chi connectivity index (χ1n) is 4.18. The van der Waals surface area contributed by atoms with Gasteiger partial charge in [0.2, 0.25) is 0 Å². The van der Waals surface area contributed by atoms with Gasteiger partial charge < -0.3 is 10.3 Å². The van der Waals surface area contributed by atoms with E-state index in [9.17, 15) is 0 Å². The van der Waals surface area contributed by atoms with Crippen molar-refractivity contribution in [3.63, 3.8) is 0 Å². The molecule has 1 aromatic carbocycles. The average Bonchev–Trinajstić information content (AvgIpc) is 2.70. The van der Waals surface area contributed by atoms with E-state index in [1.807, 2.05) is 37.5 Å². The van der Waals surface area contributed by atoms with Gasteiger partial charge in [-0.1, -0.05) is 12.1 Å². The second-order valence-corrected chi connectivity index (χ2v) is 2.73. The van der Waals surface area contributed by atoms with Gasteiger partial charge in [-0.05, 0) is 12.1 Å². The molecular weight excluding hydrogens is 162 g/mol. The lowest BCUT2D eigenvalue weighted by Gasteiger charge is -2.05. The van der Waals surface area contributed by atoms with Crippen molar-refractivity contribution in [2.24, 2.45) is 0 Å². The standard InChI is InChI=1S/C10H11N3/c1-11-9-5-3-2-4-8(9)10-12-6-7-13-10/h2-7,11H,1H3,(H,12,13). The van der Waals surface area contributed by atoms with Crippen LogP contribution in [-0.2, 0) is 0 Å². The Morgan fingerprint density at radius 2 is 2.15 bits per heavy atom. The molecular formula is C10H11N3. The maximum atomic E-state index is 4.20. The van der Waals surface area contributed by atoms with E-state index in [1.54, 1.807) is 6.20 Å². The quantitative estimate of drug-likeness (QED) is 0.730. The number of benzene rings is 1. The van der Waals surface area contributed by atoms with Crippen molar-refractivity contribution in [2.75, 3.05) is 12.4 Å². The molecule has 0 aliphatic heterocycles. The van der Waals surface area contributed by atoms with Gasteiger partial charge in [-0.15, -0.1) is 0 Å². The van der Waals surface area contributed by atoms with Gasteiger partial charge in [0, 0.05) is 30.7 Å². The molecule has 66 valence electrons. The van der Waals surface area contributed by atoms with Gasteiger partial charge in [-0.3, -0.25) is 0 Å². The van der Waals surface area contributed by atoms with Gasteiger partial charge in [-0.2, -0.15) is 0 Å². The van der Waals surface area contributed by atoms with Crippen molar-refractivity contribution >= 4 is 5.69 Å². The molecule has 2 N–H and O–H groups in total. The molecule has 0 atom stereocenters. The fourth-order valence-corrected chi connectivity index (χ4v) is 1.32. The van der Waals surface area contributed by atoms with Crippen LogP contribution in [0.3, 0.4) is 0 Å². The van der Waals surface area contributed by atoms with Crippen molar-refractivity contribution in [3.8, 4) is 11.4 Å². The molecule has 1 heterocycles. The van der Waals surface area contributed by atoms with Gasteiger partial charge in [-0.25, -0.2) is 4.98 Å². The highest BCUT2D eigenvalue weighted by Gasteiger charge is 2.03. The Morgan fingerprint density at radius 3 is 2.85 bits per heavy atom. The highest BCUT2D eigenvalue weighted by Crippen LogP contribution is 2.23. The molecule has 0 aliphatic rings. The number of imidazole rings is 1. The first-order chi connectivity index (χ1) is 6.42. The lowest BCUT2D eigenvalue weighted by Crippen LogP contribution is -1.92. The summed E-state index contributed by atoms with van der Waals surface area (Å²) >= 11 is 0. The number of hydrogen-bond donors (Lipinski definition) is 2. The molecule has 0 saturated carbocycles. The van der Waals surface area contributed by atoms with Crippen LogP contribution < -0.4 is 5.32 Å². The molecule has 0 aliphatic carbocycles. The SMILES string of the molecule is CNc1ccccc1-c1ncc[nH]1. The number of rotatable bonds is 2. The maximum Gasteiger partial charge on any atom is 0.139 e. The normalized spacial score (nSPS) is 9.92. The number of nitrogens with one attached hydrogen (secondary N) is 2. The maximum absolute atomic E-state index is 4.20. The molecule has 3 nitrogen and oxygen atoms in total. The summed E-state index contributed by atoms with van der Waals surface area (Å²) in [6.07, 6.45) is 3.57. The largest absolute Gasteiger partial charge is 0.388 e. The summed E-state index contributed by atoms with van der Waals surface area (Å²) in [6.45, 7) is 0. The number of nitrogens with zero attached hydrogens (tertiary/aromatic N) is 1. The highest BCUT2D eigenvalue weighted by atomic mass is 14.9. The van der Waals surface area contributed by atoms with Crippen LogP contribution in [0.25, 0.3) is 11.4 Å². The summed E-state index contributed by atoms with van der Waals surface area (Å²) in [4.78, 5) is 7.28. The van der Waals surface area contributed by atoms with Crippen LogP contribution in [0.15, 0.2) is 36.7 Å². The molecule has 0 saturated heterocycles. The first kappa shape index (κ1) is 7.86. The summed E-state index contributed by atoms with van der Waals surface area (Å²) in [7, 11) is 1.90. The third-order valence-corrected chi connectivity index (χ3v) is 1.95. The van der Waals surface area contributed by atoms with E-state index < -0.39 is 0 Å². The number of H-pyrrole nitrogens is 1. The molecule has 0 radical (unpaired) electrons. The molecule has 3 heteroatoms.